The highest BCUT2D eigenvalue weighted by molar-refractivity contribution is 5.73. The lowest BCUT2D eigenvalue weighted by Crippen LogP contribution is -2.39. The van der Waals surface area contributed by atoms with Gasteiger partial charge < -0.3 is 10.6 Å². The number of hydrogen-bond donors (Lipinski definition) is 2. The number of carbonyl (C=O) groups excluding carboxylic acids is 1. The van der Waals surface area contributed by atoms with Crippen LogP contribution in [0.1, 0.15) is 19.8 Å². The van der Waals surface area contributed by atoms with Gasteiger partial charge in [0.1, 0.15) is 0 Å². The second-order valence-corrected chi connectivity index (χ2v) is 3.75. The highest BCUT2D eigenvalue weighted by atomic mass is 16.1. The molecule has 1 atom stereocenters. The van der Waals surface area contributed by atoms with E-state index in [1.165, 1.54) is 12.8 Å². The third-order valence-corrected chi connectivity index (χ3v) is 2.83. The van der Waals surface area contributed by atoms with Crippen molar-refractivity contribution in [3.8, 4) is 0 Å². The minimum atomic E-state index is 0.102. The molecule has 2 N–H and O–H groups in total. The summed E-state index contributed by atoms with van der Waals surface area (Å²) in [7, 11) is 0. The van der Waals surface area contributed by atoms with Crippen LogP contribution in [0.3, 0.4) is 0 Å². The molecule has 2 fully saturated rings. The van der Waals surface area contributed by atoms with E-state index in [1.807, 2.05) is 0 Å². The Bertz CT molecular complexity index is 187. The second-order valence-electron chi connectivity index (χ2n) is 3.75. The Balaban J connectivity index is 1.97. The summed E-state index contributed by atoms with van der Waals surface area (Å²) in [6, 6.07) is 0.403. The molecule has 1 aliphatic heterocycles. The fourth-order valence-corrected chi connectivity index (χ4v) is 1.94. The third-order valence-electron chi connectivity index (χ3n) is 2.83. The first kappa shape index (κ1) is 7.10. The van der Waals surface area contributed by atoms with E-state index in [0.717, 1.165) is 13.1 Å². The second kappa shape index (κ2) is 2.21. The minimum Gasteiger partial charge on any atom is -0.352 e. The van der Waals surface area contributed by atoms with Gasteiger partial charge in [-0.05, 0) is 12.8 Å². The molecule has 62 valence electrons. The van der Waals surface area contributed by atoms with Crippen LogP contribution in [-0.4, -0.2) is 25.0 Å². The molecule has 1 saturated carbocycles. The topological polar surface area (TPSA) is 41.1 Å². The number of amides is 1. The van der Waals surface area contributed by atoms with Crippen molar-refractivity contribution in [2.45, 2.75) is 25.8 Å². The van der Waals surface area contributed by atoms with Gasteiger partial charge in [0.25, 0.3) is 0 Å². The summed E-state index contributed by atoms with van der Waals surface area (Å²) in [6.07, 6.45) is 2.57. The van der Waals surface area contributed by atoms with Gasteiger partial charge in [-0.15, -0.1) is 0 Å². The van der Waals surface area contributed by atoms with E-state index in [2.05, 4.69) is 10.6 Å². The molecule has 3 nitrogen and oxygen atoms in total. The molecule has 3 heteroatoms. The average molecular weight is 154 g/mol. The van der Waals surface area contributed by atoms with Crippen molar-refractivity contribution in [3.05, 3.63) is 0 Å². The van der Waals surface area contributed by atoms with E-state index in [1.54, 1.807) is 6.92 Å². The van der Waals surface area contributed by atoms with E-state index in [-0.39, 0.29) is 5.91 Å². The number of rotatable bonds is 1. The molecule has 0 aromatic carbocycles. The molecule has 1 saturated heterocycles. The molecule has 0 radical (unpaired) electrons. The first-order chi connectivity index (χ1) is 5.23. The van der Waals surface area contributed by atoms with Gasteiger partial charge in [-0.25, -0.2) is 0 Å². The predicted molar refractivity (Wildman–Crippen MR) is 42.1 cm³/mol. The van der Waals surface area contributed by atoms with Crippen molar-refractivity contribution in [3.63, 3.8) is 0 Å². The van der Waals surface area contributed by atoms with Crippen molar-refractivity contribution in [2.75, 3.05) is 13.1 Å². The van der Waals surface area contributed by atoms with Crippen LogP contribution in [0.5, 0.6) is 0 Å². The van der Waals surface area contributed by atoms with Crippen LogP contribution in [0.4, 0.5) is 0 Å². The fraction of sp³-hybridized carbons (Fsp3) is 0.875. The Labute approximate surface area is 66.5 Å². The van der Waals surface area contributed by atoms with Crippen molar-refractivity contribution in [1.29, 1.82) is 0 Å². The van der Waals surface area contributed by atoms with Crippen LogP contribution in [-0.2, 0) is 4.79 Å². The Morgan fingerprint density at radius 3 is 2.91 bits per heavy atom. The Morgan fingerprint density at radius 2 is 2.36 bits per heavy atom. The molecular weight excluding hydrogens is 140 g/mol. The molecule has 1 amide bonds. The largest absolute Gasteiger partial charge is 0.352 e. The highest BCUT2D eigenvalue weighted by Crippen LogP contribution is 2.50. The van der Waals surface area contributed by atoms with Crippen molar-refractivity contribution >= 4 is 5.91 Å². The zero-order valence-electron chi connectivity index (χ0n) is 6.81. The maximum Gasteiger partial charge on any atom is 0.217 e. The van der Waals surface area contributed by atoms with E-state index in [9.17, 15) is 4.79 Å². The van der Waals surface area contributed by atoms with Gasteiger partial charge in [-0.1, -0.05) is 0 Å². The molecule has 1 aliphatic carbocycles. The standard InChI is InChI=1S/C8H14N2O/c1-6(11)10-7-4-9-5-8(7)2-3-8/h7,9H,2-5H2,1H3,(H,10,11)/t7-/m1/s1. The van der Waals surface area contributed by atoms with Gasteiger partial charge in [-0.3, -0.25) is 4.79 Å². The molecule has 2 aliphatic rings. The first-order valence-corrected chi connectivity index (χ1v) is 4.21. The maximum atomic E-state index is 10.8. The maximum absolute atomic E-state index is 10.8. The Morgan fingerprint density at radius 1 is 1.64 bits per heavy atom. The lowest BCUT2D eigenvalue weighted by Gasteiger charge is -2.17. The lowest BCUT2D eigenvalue weighted by atomic mass is 10.0. The van der Waals surface area contributed by atoms with E-state index in [0.29, 0.717) is 11.5 Å². The minimum absolute atomic E-state index is 0.102. The van der Waals surface area contributed by atoms with Crippen molar-refractivity contribution < 1.29 is 4.79 Å². The Kier molecular flexibility index (Phi) is 1.42. The molecular formula is C8H14N2O. The van der Waals surface area contributed by atoms with Crippen LogP contribution < -0.4 is 10.6 Å². The van der Waals surface area contributed by atoms with E-state index >= 15 is 0 Å². The summed E-state index contributed by atoms with van der Waals surface area (Å²) in [4.78, 5) is 10.8. The third kappa shape index (κ3) is 1.13. The van der Waals surface area contributed by atoms with E-state index < -0.39 is 0 Å². The molecule has 1 spiro atoms. The number of nitrogens with one attached hydrogen (secondary N) is 2. The summed E-state index contributed by atoms with van der Waals surface area (Å²) >= 11 is 0. The Hall–Kier alpha value is -0.570. The van der Waals surface area contributed by atoms with Gasteiger partial charge in [-0.2, -0.15) is 0 Å². The van der Waals surface area contributed by atoms with Crippen LogP contribution in [0, 0.1) is 5.41 Å². The van der Waals surface area contributed by atoms with Gasteiger partial charge >= 0.3 is 0 Å². The summed E-state index contributed by atoms with van der Waals surface area (Å²) in [5.74, 6) is 0.102. The van der Waals surface area contributed by atoms with Gasteiger partial charge in [0.2, 0.25) is 5.91 Å². The lowest BCUT2D eigenvalue weighted by molar-refractivity contribution is -0.119. The van der Waals surface area contributed by atoms with Gasteiger partial charge in [0.05, 0.1) is 0 Å². The number of carbonyl (C=O) groups is 1. The van der Waals surface area contributed by atoms with Crippen molar-refractivity contribution in [2.24, 2.45) is 5.41 Å². The monoisotopic (exact) mass is 154 g/mol. The van der Waals surface area contributed by atoms with Crippen molar-refractivity contribution in [1.82, 2.24) is 10.6 Å². The van der Waals surface area contributed by atoms with Crippen LogP contribution in [0.25, 0.3) is 0 Å². The van der Waals surface area contributed by atoms with Crippen LogP contribution in [0.15, 0.2) is 0 Å². The normalized spacial score (nSPS) is 32.3. The summed E-state index contributed by atoms with van der Waals surface area (Å²) in [6.45, 7) is 3.64. The SMILES string of the molecule is CC(=O)N[C@@H]1CNCC12CC2. The summed E-state index contributed by atoms with van der Waals surface area (Å²) < 4.78 is 0. The zero-order chi connectivity index (χ0) is 7.90. The van der Waals surface area contributed by atoms with Gasteiger partial charge in [0, 0.05) is 31.5 Å². The summed E-state index contributed by atoms with van der Waals surface area (Å²) in [5, 5.41) is 6.31. The van der Waals surface area contributed by atoms with Crippen LogP contribution >= 0.6 is 0 Å². The quantitative estimate of drug-likeness (QED) is 0.552. The smallest absolute Gasteiger partial charge is 0.217 e. The molecule has 11 heavy (non-hydrogen) atoms. The first-order valence-electron chi connectivity index (χ1n) is 4.21. The highest BCUT2D eigenvalue weighted by Gasteiger charge is 2.52. The van der Waals surface area contributed by atoms with Crippen LogP contribution in [0.2, 0.25) is 0 Å². The average Bonchev–Trinajstić information content (AvgIpc) is 2.56. The molecule has 2 rings (SSSR count). The molecule has 1 heterocycles. The fourth-order valence-electron chi connectivity index (χ4n) is 1.94. The molecule has 0 unspecified atom stereocenters. The van der Waals surface area contributed by atoms with Gasteiger partial charge in [0.15, 0.2) is 0 Å². The molecule has 0 aromatic rings. The predicted octanol–water partition coefficient (Wildman–Crippen LogP) is -0.126. The summed E-state index contributed by atoms with van der Waals surface area (Å²) in [5.41, 5.74) is 0.450. The molecule has 0 bridgehead atoms. The number of hydrogen-bond acceptors (Lipinski definition) is 2. The molecule has 0 aromatic heterocycles. The zero-order valence-corrected chi connectivity index (χ0v) is 6.81. The van der Waals surface area contributed by atoms with E-state index in [4.69, 9.17) is 0 Å².